The molecule has 0 aliphatic heterocycles. The molecule has 0 spiro atoms. The molecule has 0 bridgehead atoms. The number of carbonyl (C=O) groups excluding carboxylic acids is 1. The topological polar surface area (TPSA) is 68.0 Å². The predicted octanol–water partition coefficient (Wildman–Crippen LogP) is 1.38. The van der Waals surface area contributed by atoms with Crippen LogP contribution in [-0.4, -0.2) is 17.4 Å². The van der Waals surface area contributed by atoms with E-state index in [2.05, 4.69) is 24.1 Å². The Balaban J connectivity index is 2.37. The Kier molecular flexibility index (Phi) is 5.42. The first-order chi connectivity index (χ1) is 7.63. The van der Waals surface area contributed by atoms with Gasteiger partial charge in [-0.2, -0.15) is 0 Å². The molecule has 1 rings (SSSR count). The van der Waals surface area contributed by atoms with Gasteiger partial charge in [-0.25, -0.2) is 4.98 Å². The molecular formula is C11H19N3OS. The molecule has 16 heavy (non-hydrogen) atoms. The minimum atomic E-state index is -0.0846. The van der Waals surface area contributed by atoms with E-state index < -0.39 is 0 Å². The van der Waals surface area contributed by atoms with Crippen LogP contribution in [0, 0.1) is 11.8 Å². The first-order valence-electron chi connectivity index (χ1n) is 5.48. The van der Waals surface area contributed by atoms with Crippen LogP contribution in [0.3, 0.4) is 0 Å². The molecule has 4 nitrogen and oxygen atoms in total. The molecule has 1 atom stereocenters. The number of thiazole rings is 1. The third kappa shape index (κ3) is 4.28. The number of nitrogens with two attached hydrogens (primary N) is 1. The Morgan fingerprint density at radius 1 is 1.62 bits per heavy atom. The van der Waals surface area contributed by atoms with Gasteiger partial charge in [-0.3, -0.25) is 4.79 Å². The zero-order chi connectivity index (χ0) is 12.0. The van der Waals surface area contributed by atoms with Crippen molar-refractivity contribution in [3.05, 3.63) is 16.6 Å². The SMILES string of the molecule is CC(C)CC(CN)C(=O)NCc1cscn1. The molecule has 1 unspecified atom stereocenters. The number of amides is 1. The summed E-state index contributed by atoms with van der Waals surface area (Å²) < 4.78 is 0. The van der Waals surface area contributed by atoms with Crippen LogP contribution in [0.5, 0.6) is 0 Å². The van der Waals surface area contributed by atoms with E-state index in [0.29, 0.717) is 19.0 Å². The van der Waals surface area contributed by atoms with Gasteiger partial charge in [0.1, 0.15) is 0 Å². The summed E-state index contributed by atoms with van der Waals surface area (Å²) in [5, 5.41) is 4.80. The monoisotopic (exact) mass is 241 g/mol. The van der Waals surface area contributed by atoms with E-state index in [9.17, 15) is 4.79 Å². The lowest BCUT2D eigenvalue weighted by molar-refractivity contribution is -0.125. The molecule has 0 saturated carbocycles. The number of aromatic nitrogens is 1. The molecule has 1 amide bonds. The number of nitrogens with zero attached hydrogens (tertiary/aromatic N) is 1. The summed E-state index contributed by atoms with van der Waals surface area (Å²) >= 11 is 1.53. The van der Waals surface area contributed by atoms with E-state index in [4.69, 9.17) is 5.73 Å². The smallest absolute Gasteiger partial charge is 0.224 e. The number of rotatable bonds is 6. The average molecular weight is 241 g/mol. The summed E-state index contributed by atoms with van der Waals surface area (Å²) in [4.78, 5) is 15.9. The van der Waals surface area contributed by atoms with Crippen LogP contribution >= 0.6 is 11.3 Å². The van der Waals surface area contributed by atoms with Crippen molar-refractivity contribution in [2.75, 3.05) is 6.54 Å². The summed E-state index contributed by atoms with van der Waals surface area (Å²) in [5.41, 5.74) is 8.26. The molecule has 0 radical (unpaired) electrons. The Morgan fingerprint density at radius 2 is 2.38 bits per heavy atom. The van der Waals surface area contributed by atoms with Gasteiger partial charge in [-0.05, 0) is 12.3 Å². The Hall–Kier alpha value is -0.940. The lowest BCUT2D eigenvalue weighted by atomic mass is 9.96. The Morgan fingerprint density at radius 3 is 2.88 bits per heavy atom. The molecule has 1 heterocycles. The number of carbonyl (C=O) groups is 1. The molecule has 90 valence electrons. The van der Waals surface area contributed by atoms with Crippen molar-refractivity contribution in [3.8, 4) is 0 Å². The highest BCUT2D eigenvalue weighted by molar-refractivity contribution is 7.07. The summed E-state index contributed by atoms with van der Waals surface area (Å²) in [6, 6.07) is 0. The van der Waals surface area contributed by atoms with Crippen molar-refractivity contribution in [1.29, 1.82) is 0 Å². The largest absolute Gasteiger partial charge is 0.350 e. The maximum Gasteiger partial charge on any atom is 0.224 e. The van der Waals surface area contributed by atoms with Crippen molar-refractivity contribution < 1.29 is 4.79 Å². The molecule has 0 fully saturated rings. The van der Waals surface area contributed by atoms with Gasteiger partial charge in [0.05, 0.1) is 23.7 Å². The summed E-state index contributed by atoms with van der Waals surface area (Å²) in [6.07, 6.45) is 0.833. The molecule has 1 aromatic heterocycles. The first-order valence-corrected chi connectivity index (χ1v) is 6.42. The number of hydrogen-bond acceptors (Lipinski definition) is 4. The molecule has 0 saturated heterocycles. The van der Waals surface area contributed by atoms with Gasteiger partial charge in [-0.15, -0.1) is 11.3 Å². The minimum absolute atomic E-state index is 0.0317. The molecule has 0 aromatic carbocycles. The van der Waals surface area contributed by atoms with Crippen molar-refractivity contribution in [3.63, 3.8) is 0 Å². The Bertz CT molecular complexity index is 311. The molecular weight excluding hydrogens is 222 g/mol. The molecule has 0 aliphatic carbocycles. The fourth-order valence-corrected chi connectivity index (χ4v) is 2.08. The Labute approximate surface area is 100 Å². The fourth-order valence-electron chi connectivity index (χ4n) is 1.53. The lowest BCUT2D eigenvalue weighted by Gasteiger charge is -2.16. The highest BCUT2D eigenvalue weighted by atomic mass is 32.1. The normalized spacial score (nSPS) is 12.8. The van der Waals surface area contributed by atoms with Gasteiger partial charge in [0, 0.05) is 11.9 Å². The van der Waals surface area contributed by atoms with E-state index in [1.54, 1.807) is 5.51 Å². The fraction of sp³-hybridized carbons (Fsp3) is 0.636. The number of nitrogens with one attached hydrogen (secondary N) is 1. The maximum atomic E-state index is 11.8. The zero-order valence-electron chi connectivity index (χ0n) is 9.77. The van der Waals surface area contributed by atoms with Crippen molar-refractivity contribution in [2.24, 2.45) is 17.6 Å². The highest BCUT2D eigenvalue weighted by Crippen LogP contribution is 2.11. The van der Waals surface area contributed by atoms with E-state index >= 15 is 0 Å². The third-order valence-corrected chi connectivity index (χ3v) is 2.97. The quantitative estimate of drug-likeness (QED) is 0.790. The second kappa shape index (κ2) is 6.60. The van der Waals surface area contributed by atoms with Crippen molar-refractivity contribution in [1.82, 2.24) is 10.3 Å². The van der Waals surface area contributed by atoms with Crippen LogP contribution in [0.2, 0.25) is 0 Å². The first kappa shape index (κ1) is 13.1. The van der Waals surface area contributed by atoms with Crippen molar-refractivity contribution >= 4 is 17.2 Å². The van der Waals surface area contributed by atoms with Crippen LogP contribution in [-0.2, 0) is 11.3 Å². The van der Waals surface area contributed by atoms with E-state index in [1.807, 2.05) is 5.38 Å². The standard InChI is InChI=1S/C11H19N3OS/c1-8(2)3-9(4-12)11(15)13-5-10-6-16-7-14-10/h6-9H,3-5,12H2,1-2H3,(H,13,15). The second-order valence-corrected chi connectivity index (χ2v) is 4.98. The molecule has 0 aliphatic rings. The van der Waals surface area contributed by atoms with Crippen LogP contribution in [0.25, 0.3) is 0 Å². The summed E-state index contributed by atoms with van der Waals surface area (Å²) in [7, 11) is 0. The lowest BCUT2D eigenvalue weighted by Crippen LogP contribution is -2.35. The van der Waals surface area contributed by atoms with E-state index in [-0.39, 0.29) is 11.8 Å². The zero-order valence-corrected chi connectivity index (χ0v) is 10.6. The summed E-state index contributed by atoms with van der Waals surface area (Å²) in [6.45, 7) is 5.09. The van der Waals surface area contributed by atoms with Gasteiger partial charge in [0.15, 0.2) is 0 Å². The average Bonchev–Trinajstić information content (AvgIpc) is 2.75. The highest BCUT2D eigenvalue weighted by Gasteiger charge is 2.17. The summed E-state index contributed by atoms with van der Waals surface area (Å²) in [5.74, 6) is 0.432. The van der Waals surface area contributed by atoms with E-state index in [0.717, 1.165) is 12.1 Å². The van der Waals surface area contributed by atoms with Gasteiger partial charge in [0.25, 0.3) is 0 Å². The third-order valence-electron chi connectivity index (χ3n) is 2.34. The van der Waals surface area contributed by atoms with Gasteiger partial charge >= 0.3 is 0 Å². The van der Waals surface area contributed by atoms with E-state index in [1.165, 1.54) is 11.3 Å². The van der Waals surface area contributed by atoms with Gasteiger partial charge in [-0.1, -0.05) is 13.8 Å². The van der Waals surface area contributed by atoms with Crippen molar-refractivity contribution in [2.45, 2.75) is 26.8 Å². The maximum absolute atomic E-state index is 11.8. The minimum Gasteiger partial charge on any atom is -0.350 e. The molecule has 5 heteroatoms. The van der Waals surface area contributed by atoms with Crippen LogP contribution in [0.15, 0.2) is 10.9 Å². The van der Waals surface area contributed by atoms with Gasteiger partial charge in [0.2, 0.25) is 5.91 Å². The van der Waals surface area contributed by atoms with Crippen LogP contribution in [0.4, 0.5) is 0 Å². The van der Waals surface area contributed by atoms with Crippen LogP contribution in [0.1, 0.15) is 26.0 Å². The second-order valence-electron chi connectivity index (χ2n) is 4.26. The molecule has 3 N–H and O–H groups in total. The molecule has 1 aromatic rings. The van der Waals surface area contributed by atoms with Crippen LogP contribution < -0.4 is 11.1 Å². The van der Waals surface area contributed by atoms with Gasteiger partial charge < -0.3 is 11.1 Å². The number of hydrogen-bond donors (Lipinski definition) is 2. The predicted molar refractivity (Wildman–Crippen MR) is 66.0 cm³/mol.